The topological polar surface area (TPSA) is 82.3 Å². The Balaban J connectivity index is 3.21. The first-order valence-corrected chi connectivity index (χ1v) is 6.46. The molecule has 0 N–H and O–H groups in total. The standard InChI is InChI=1S/C12H13BrN2O4/c1-3-8(12(16)19-4-2)5-10-11(15(17)18)6-9(13)7-14-10/h5-7H,3-4H2,1-2H3/b8-5-. The number of esters is 1. The molecule has 19 heavy (non-hydrogen) atoms. The smallest absolute Gasteiger partial charge is 0.334 e. The lowest BCUT2D eigenvalue weighted by Gasteiger charge is -2.04. The van der Waals surface area contributed by atoms with Crippen molar-refractivity contribution in [2.45, 2.75) is 20.3 Å². The summed E-state index contributed by atoms with van der Waals surface area (Å²) in [6, 6.07) is 1.34. The van der Waals surface area contributed by atoms with Crippen LogP contribution in [0.25, 0.3) is 6.08 Å². The minimum atomic E-state index is -0.540. The van der Waals surface area contributed by atoms with Crippen LogP contribution in [0.3, 0.4) is 0 Å². The second kappa shape index (κ2) is 6.98. The summed E-state index contributed by atoms with van der Waals surface area (Å²) in [6.45, 7) is 3.73. The third-order valence-corrected chi connectivity index (χ3v) is 2.72. The van der Waals surface area contributed by atoms with Crippen LogP contribution in [-0.2, 0) is 9.53 Å². The zero-order chi connectivity index (χ0) is 14.4. The summed E-state index contributed by atoms with van der Waals surface area (Å²) < 4.78 is 5.38. The molecule has 1 aromatic rings. The molecule has 0 aliphatic heterocycles. The highest BCUT2D eigenvalue weighted by Crippen LogP contribution is 2.24. The van der Waals surface area contributed by atoms with Crippen LogP contribution >= 0.6 is 15.9 Å². The van der Waals surface area contributed by atoms with Crippen LogP contribution in [-0.4, -0.2) is 22.5 Å². The van der Waals surface area contributed by atoms with Crippen LogP contribution in [0.4, 0.5) is 5.69 Å². The van der Waals surface area contributed by atoms with Crippen molar-refractivity contribution >= 4 is 33.7 Å². The summed E-state index contributed by atoms with van der Waals surface area (Å²) in [5, 5.41) is 10.9. The van der Waals surface area contributed by atoms with Crippen molar-refractivity contribution in [2.24, 2.45) is 0 Å². The van der Waals surface area contributed by atoms with Gasteiger partial charge in [0.1, 0.15) is 5.69 Å². The van der Waals surface area contributed by atoms with Crippen LogP contribution < -0.4 is 0 Å². The molecule has 0 spiro atoms. The summed E-state index contributed by atoms with van der Waals surface area (Å²) in [5.41, 5.74) is 0.322. The predicted octanol–water partition coefficient (Wildman–Crippen LogP) is 3.11. The van der Waals surface area contributed by atoms with Gasteiger partial charge in [0, 0.05) is 22.3 Å². The van der Waals surface area contributed by atoms with Gasteiger partial charge in [-0.25, -0.2) is 9.78 Å². The number of hydrogen-bond donors (Lipinski definition) is 0. The minimum absolute atomic E-state index is 0.137. The highest BCUT2D eigenvalue weighted by molar-refractivity contribution is 9.10. The Kier molecular flexibility index (Phi) is 5.62. The molecule has 0 aliphatic rings. The summed E-state index contributed by atoms with van der Waals surface area (Å²) >= 11 is 3.12. The first kappa shape index (κ1) is 15.3. The van der Waals surface area contributed by atoms with E-state index in [1.54, 1.807) is 13.8 Å². The van der Waals surface area contributed by atoms with Gasteiger partial charge in [-0.3, -0.25) is 10.1 Å². The van der Waals surface area contributed by atoms with E-state index in [-0.39, 0.29) is 18.0 Å². The number of carbonyl (C=O) groups excluding carboxylic acids is 1. The lowest BCUT2D eigenvalue weighted by atomic mass is 10.1. The van der Waals surface area contributed by atoms with Gasteiger partial charge < -0.3 is 4.74 Å². The van der Waals surface area contributed by atoms with E-state index in [0.29, 0.717) is 16.5 Å². The summed E-state index contributed by atoms with van der Waals surface area (Å²) in [5.74, 6) is -0.482. The first-order chi connectivity index (χ1) is 8.99. The molecule has 1 heterocycles. The van der Waals surface area contributed by atoms with E-state index >= 15 is 0 Å². The first-order valence-electron chi connectivity index (χ1n) is 5.67. The fraction of sp³-hybridized carbons (Fsp3) is 0.333. The molecule has 102 valence electrons. The van der Waals surface area contributed by atoms with Crippen molar-refractivity contribution in [3.8, 4) is 0 Å². The Morgan fingerprint density at radius 3 is 2.79 bits per heavy atom. The lowest BCUT2D eigenvalue weighted by Crippen LogP contribution is -2.07. The average Bonchev–Trinajstić information content (AvgIpc) is 2.37. The molecular formula is C12H13BrN2O4. The maximum Gasteiger partial charge on any atom is 0.334 e. The van der Waals surface area contributed by atoms with Crippen molar-refractivity contribution in [1.82, 2.24) is 4.98 Å². The second-order valence-electron chi connectivity index (χ2n) is 3.56. The lowest BCUT2D eigenvalue weighted by molar-refractivity contribution is -0.385. The number of aromatic nitrogens is 1. The van der Waals surface area contributed by atoms with E-state index in [1.807, 2.05) is 0 Å². The summed E-state index contributed by atoms with van der Waals surface area (Å²) in [6.07, 6.45) is 3.24. The van der Waals surface area contributed by atoms with Gasteiger partial charge in [-0.15, -0.1) is 0 Å². The van der Waals surface area contributed by atoms with E-state index < -0.39 is 10.9 Å². The number of nitro groups is 1. The number of carbonyl (C=O) groups is 1. The van der Waals surface area contributed by atoms with Gasteiger partial charge in [-0.1, -0.05) is 6.92 Å². The Bertz CT molecular complexity index is 528. The molecule has 0 amide bonds. The normalized spacial score (nSPS) is 11.2. The Morgan fingerprint density at radius 2 is 2.26 bits per heavy atom. The Hall–Kier alpha value is -1.76. The fourth-order valence-corrected chi connectivity index (χ4v) is 1.71. The van der Waals surface area contributed by atoms with Crippen LogP contribution in [0.1, 0.15) is 26.0 Å². The third-order valence-electron chi connectivity index (χ3n) is 2.29. The predicted molar refractivity (Wildman–Crippen MR) is 73.5 cm³/mol. The van der Waals surface area contributed by atoms with Crippen molar-refractivity contribution in [2.75, 3.05) is 6.61 Å². The maximum absolute atomic E-state index is 11.6. The molecule has 0 aliphatic carbocycles. The van der Waals surface area contributed by atoms with Crippen LogP contribution in [0, 0.1) is 10.1 Å². The van der Waals surface area contributed by atoms with Crippen LogP contribution in [0.2, 0.25) is 0 Å². The van der Waals surface area contributed by atoms with Crippen molar-refractivity contribution in [3.05, 3.63) is 38.1 Å². The SMILES string of the molecule is CCOC(=O)/C(=C\c1ncc(Br)cc1[N+](=O)[O-])CC. The van der Waals surface area contributed by atoms with Gasteiger partial charge in [-0.05, 0) is 35.4 Å². The number of pyridine rings is 1. The molecule has 7 heteroatoms. The minimum Gasteiger partial charge on any atom is -0.463 e. The van der Waals surface area contributed by atoms with E-state index in [2.05, 4.69) is 20.9 Å². The molecule has 0 unspecified atom stereocenters. The molecule has 0 atom stereocenters. The number of hydrogen-bond acceptors (Lipinski definition) is 5. The van der Waals surface area contributed by atoms with Gasteiger partial charge >= 0.3 is 5.97 Å². The van der Waals surface area contributed by atoms with Gasteiger partial charge in [-0.2, -0.15) is 0 Å². The average molecular weight is 329 g/mol. The fourth-order valence-electron chi connectivity index (χ4n) is 1.39. The highest BCUT2D eigenvalue weighted by Gasteiger charge is 2.17. The zero-order valence-corrected chi connectivity index (χ0v) is 12.1. The Morgan fingerprint density at radius 1 is 1.58 bits per heavy atom. The second-order valence-corrected chi connectivity index (χ2v) is 4.47. The monoisotopic (exact) mass is 328 g/mol. The zero-order valence-electron chi connectivity index (χ0n) is 10.6. The van der Waals surface area contributed by atoms with Gasteiger partial charge in [0.15, 0.2) is 0 Å². The van der Waals surface area contributed by atoms with Gasteiger partial charge in [0.25, 0.3) is 5.69 Å². The molecule has 0 saturated carbocycles. The number of nitrogens with zero attached hydrogens (tertiary/aromatic N) is 2. The van der Waals surface area contributed by atoms with Crippen molar-refractivity contribution < 1.29 is 14.5 Å². The Labute approximate surface area is 118 Å². The molecule has 0 radical (unpaired) electrons. The molecule has 0 fully saturated rings. The van der Waals surface area contributed by atoms with Crippen LogP contribution in [0.5, 0.6) is 0 Å². The number of halogens is 1. The quantitative estimate of drug-likeness (QED) is 0.359. The molecular weight excluding hydrogens is 316 g/mol. The van der Waals surface area contributed by atoms with Crippen molar-refractivity contribution in [1.29, 1.82) is 0 Å². The molecule has 0 bridgehead atoms. The largest absolute Gasteiger partial charge is 0.463 e. The number of rotatable bonds is 5. The highest BCUT2D eigenvalue weighted by atomic mass is 79.9. The summed E-state index contributed by atoms with van der Waals surface area (Å²) in [4.78, 5) is 26.0. The van der Waals surface area contributed by atoms with E-state index in [0.717, 1.165) is 0 Å². The van der Waals surface area contributed by atoms with E-state index in [4.69, 9.17) is 4.74 Å². The van der Waals surface area contributed by atoms with Gasteiger partial charge in [0.05, 0.1) is 11.5 Å². The van der Waals surface area contributed by atoms with Crippen molar-refractivity contribution in [3.63, 3.8) is 0 Å². The maximum atomic E-state index is 11.6. The van der Waals surface area contributed by atoms with E-state index in [9.17, 15) is 14.9 Å². The third kappa shape index (κ3) is 4.13. The van der Waals surface area contributed by atoms with Crippen LogP contribution in [0.15, 0.2) is 22.3 Å². The molecule has 1 rings (SSSR count). The molecule has 6 nitrogen and oxygen atoms in total. The van der Waals surface area contributed by atoms with Gasteiger partial charge in [0.2, 0.25) is 0 Å². The van der Waals surface area contributed by atoms with E-state index in [1.165, 1.54) is 18.3 Å². The molecule has 0 aromatic carbocycles. The molecule has 0 saturated heterocycles. The number of ether oxygens (including phenoxy) is 1. The summed E-state index contributed by atoms with van der Waals surface area (Å²) in [7, 11) is 0. The molecule has 1 aromatic heterocycles.